The Labute approximate surface area is 105 Å². The predicted octanol–water partition coefficient (Wildman–Crippen LogP) is 2.97. The number of benzene rings is 1. The van der Waals surface area contributed by atoms with E-state index in [1.165, 1.54) is 13.0 Å². The van der Waals surface area contributed by atoms with Crippen LogP contribution in [0.2, 0.25) is 0 Å². The van der Waals surface area contributed by atoms with Gasteiger partial charge in [-0.2, -0.15) is 11.8 Å². The number of hydrogen-bond acceptors (Lipinski definition) is 3. The van der Waals surface area contributed by atoms with E-state index >= 15 is 0 Å². The van der Waals surface area contributed by atoms with Crippen molar-refractivity contribution in [1.82, 2.24) is 0 Å². The molecule has 1 aliphatic heterocycles. The summed E-state index contributed by atoms with van der Waals surface area (Å²) in [5, 5.41) is 0. The van der Waals surface area contributed by atoms with Crippen molar-refractivity contribution in [1.29, 1.82) is 0 Å². The van der Waals surface area contributed by atoms with Crippen molar-refractivity contribution in [3.05, 3.63) is 29.6 Å². The highest BCUT2D eigenvalue weighted by atomic mass is 32.2. The Hall–Kier alpha value is -1.03. The zero-order valence-corrected chi connectivity index (χ0v) is 10.9. The molecule has 1 aromatic rings. The summed E-state index contributed by atoms with van der Waals surface area (Å²) < 4.78 is 14.0. The third kappa shape index (κ3) is 2.63. The Morgan fingerprint density at radius 2 is 2.29 bits per heavy atom. The Balaban J connectivity index is 2.29. The zero-order chi connectivity index (χ0) is 12.4. The van der Waals surface area contributed by atoms with E-state index in [0.29, 0.717) is 17.3 Å². The van der Waals surface area contributed by atoms with Crippen molar-refractivity contribution in [2.45, 2.75) is 19.9 Å². The van der Waals surface area contributed by atoms with Gasteiger partial charge < -0.3 is 4.90 Å². The maximum absolute atomic E-state index is 14.0. The molecule has 4 heteroatoms. The van der Waals surface area contributed by atoms with Gasteiger partial charge in [-0.25, -0.2) is 4.39 Å². The highest BCUT2D eigenvalue weighted by Gasteiger charge is 2.21. The molecule has 0 N–H and O–H groups in total. The quantitative estimate of drug-likeness (QED) is 0.756. The summed E-state index contributed by atoms with van der Waals surface area (Å²) in [4.78, 5) is 13.2. The number of carbonyl (C=O) groups is 1. The van der Waals surface area contributed by atoms with Crippen molar-refractivity contribution < 1.29 is 9.18 Å². The molecule has 17 heavy (non-hydrogen) atoms. The van der Waals surface area contributed by atoms with Crippen LogP contribution < -0.4 is 4.90 Å². The number of rotatable bonds is 2. The van der Waals surface area contributed by atoms with Gasteiger partial charge >= 0.3 is 0 Å². The number of nitrogens with zero attached hydrogens (tertiary/aromatic N) is 1. The maximum Gasteiger partial charge on any atom is 0.159 e. The van der Waals surface area contributed by atoms with Crippen LogP contribution in [0.5, 0.6) is 0 Å². The SMILES string of the molecule is CC(=O)c1ccc(N2CCSCC2C)c(F)c1. The number of carbonyl (C=O) groups excluding carboxylic acids is 1. The van der Waals surface area contributed by atoms with E-state index in [1.807, 2.05) is 11.8 Å². The Morgan fingerprint density at radius 1 is 1.53 bits per heavy atom. The van der Waals surface area contributed by atoms with Crippen LogP contribution >= 0.6 is 11.8 Å². The van der Waals surface area contributed by atoms with Crippen LogP contribution in [0.1, 0.15) is 24.2 Å². The van der Waals surface area contributed by atoms with E-state index in [4.69, 9.17) is 0 Å². The standard InChI is InChI=1S/C13H16FNOS/c1-9-8-17-6-5-15(9)13-4-3-11(10(2)16)7-12(13)14/h3-4,7,9H,5-6,8H2,1-2H3. The second kappa shape index (κ2) is 5.08. The van der Waals surface area contributed by atoms with E-state index in [9.17, 15) is 9.18 Å². The minimum atomic E-state index is -0.295. The summed E-state index contributed by atoms with van der Waals surface area (Å²) >= 11 is 1.90. The smallest absolute Gasteiger partial charge is 0.159 e. The number of ketones is 1. The molecule has 1 unspecified atom stereocenters. The van der Waals surface area contributed by atoms with Crippen LogP contribution in [0.25, 0.3) is 0 Å². The normalized spacial score (nSPS) is 20.4. The predicted molar refractivity (Wildman–Crippen MR) is 70.5 cm³/mol. The number of thioether (sulfide) groups is 1. The molecular formula is C13H16FNOS. The lowest BCUT2D eigenvalue weighted by Crippen LogP contribution is -2.40. The van der Waals surface area contributed by atoms with Crippen LogP contribution in [0.4, 0.5) is 10.1 Å². The lowest BCUT2D eigenvalue weighted by molar-refractivity contribution is 0.101. The second-order valence-corrected chi connectivity index (χ2v) is 5.49. The van der Waals surface area contributed by atoms with E-state index in [0.717, 1.165) is 18.1 Å². The summed E-state index contributed by atoms with van der Waals surface area (Å²) in [7, 11) is 0. The van der Waals surface area contributed by atoms with E-state index in [1.54, 1.807) is 12.1 Å². The van der Waals surface area contributed by atoms with Gasteiger partial charge in [-0.15, -0.1) is 0 Å². The minimum Gasteiger partial charge on any atom is -0.365 e. The molecule has 0 amide bonds. The Bertz CT molecular complexity index is 435. The van der Waals surface area contributed by atoms with Gasteiger partial charge in [0.05, 0.1) is 5.69 Å². The Kier molecular flexibility index (Phi) is 3.72. The van der Waals surface area contributed by atoms with Gasteiger partial charge in [-0.05, 0) is 32.0 Å². The fraction of sp³-hybridized carbons (Fsp3) is 0.462. The van der Waals surface area contributed by atoms with E-state index in [2.05, 4.69) is 11.8 Å². The first-order chi connectivity index (χ1) is 8.09. The molecule has 1 aromatic carbocycles. The van der Waals surface area contributed by atoms with E-state index in [-0.39, 0.29) is 11.6 Å². The van der Waals surface area contributed by atoms with Crippen LogP contribution in [0.15, 0.2) is 18.2 Å². The van der Waals surface area contributed by atoms with Crippen molar-refractivity contribution in [2.75, 3.05) is 23.0 Å². The summed E-state index contributed by atoms with van der Waals surface area (Å²) in [6.07, 6.45) is 0. The monoisotopic (exact) mass is 253 g/mol. The first-order valence-electron chi connectivity index (χ1n) is 5.74. The van der Waals surface area contributed by atoms with Gasteiger partial charge in [0, 0.05) is 29.7 Å². The number of halogens is 1. The lowest BCUT2D eigenvalue weighted by Gasteiger charge is -2.35. The molecule has 1 aliphatic rings. The van der Waals surface area contributed by atoms with Gasteiger partial charge in [0.25, 0.3) is 0 Å². The topological polar surface area (TPSA) is 20.3 Å². The highest BCUT2D eigenvalue weighted by Crippen LogP contribution is 2.27. The van der Waals surface area contributed by atoms with Gasteiger partial charge in [0.2, 0.25) is 0 Å². The third-order valence-corrected chi connectivity index (χ3v) is 4.22. The first-order valence-corrected chi connectivity index (χ1v) is 6.90. The molecule has 0 aromatic heterocycles. The molecule has 0 saturated carbocycles. The molecule has 0 aliphatic carbocycles. The average molecular weight is 253 g/mol. The minimum absolute atomic E-state index is 0.0994. The third-order valence-electron chi connectivity index (χ3n) is 3.03. The van der Waals surface area contributed by atoms with Gasteiger partial charge in [0.15, 0.2) is 5.78 Å². The van der Waals surface area contributed by atoms with Crippen molar-refractivity contribution >= 4 is 23.2 Å². The molecule has 2 nitrogen and oxygen atoms in total. The summed E-state index contributed by atoms with van der Waals surface area (Å²) in [6, 6.07) is 5.10. The number of anilines is 1. The fourth-order valence-electron chi connectivity index (χ4n) is 2.04. The van der Waals surface area contributed by atoms with Crippen LogP contribution in [0.3, 0.4) is 0 Å². The molecule has 1 heterocycles. The molecule has 92 valence electrons. The zero-order valence-electron chi connectivity index (χ0n) is 10.1. The van der Waals surface area contributed by atoms with E-state index < -0.39 is 0 Å². The number of hydrogen-bond donors (Lipinski definition) is 0. The highest BCUT2D eigenvalue weighted by molar-refractivity contribution is 7.99. The molecule has 2 rings (SSSR count). The first kappa shape index (κ1) is 12.4. The molecule has 1 saturated heterocycles. The van der Waals surface area contributed by atoms with Crippen LogP contribution in [-0.4, -0.2) is 29.9 Å². The van der Waals surface area contributed by atoms with Gasteiger partial charge in [-0.1, -0.05) is 0 Å². The molecule has 1 fully saturated rings. The molecule has 0 bridgehead atoms. The van der Waals surface area contributed by atoms with Gasteiger partial charge in [-0.3, -0.25) is 4.79 Å². The fourth-order valence-corrected chi connectivity index (χ4v) is 3.06. The average Bonchev–Trinajstić information content (AvgIpc) is 2.30. The summed E-state index contributed by atoms with van der Waals surface area (Å²) in [5.41, 5.74) is 1.05. The van der Waals surface area contributed by atoms with Crippen molar-refractivity contribution in [2.24, 2.45) is 0 Å². The van der Waals surface area contributed by atoms with Crippen molar-refractivity contribution in [3.63, 3.8) is 0 Å². The lowest BCUT2D eigenvalue weighted by atomic mass is 10.1. The molecule has 1 atom stereocenters. The van der Waals surface area contributed by atoms with Gasteiger partial charge in [0.1, 0.15) is 5.82 Å². The second-order valence-electron chi connectivity index (χ2n) is 4.34. The molecule has 0 spiro atoms. The summed E-state index contributed by atoms with van der Waals surface area (Å²) in [6.45, 7) is 4.42. The largest absolute Gasteiger partial charge is 0.365 e. The molecule has 0 radical (unpaired) electrons. The van der Waals surface area contributed by atoms with Crippen LogP contribution in [0, 0.1) is 5.82 Å². The molecular weight excluding hydrogens is 237 g/mol. The van der Waals surface area contributed by atoms with Crippen LogP contribution in [-0.2, 0) is 0 Å². The Morgan fingerprint density at radius 3 is 2.88 bits per heavy atom. The van der Waals surface area contributed by atoms with Crippen molar-refractivity contribution in [3.8, 4) is 0 Å². The maximum atomic E-state index is 14.0. The number of Topliss-reactive ketones (excluding diaryl/α,β-unsaturated/α-hetero) is 1. The summed E-state index contributed by atoms with van der Waals surface area (Å²) in [5.74, 6) is 1.65.